The zero-order chi connectivity index (χ0) is 26.5. The average Bonchev–Trinajstić information content (AvgIpc) is 3.50. The second-order valence-corrected chi connectivity index (χ2v) is 14.3. The van der Waals surface area contributed by atoms with Gasteiger partial charge < -0.3 is 25.0 Å². The quantitative estimate of drug-likeness (QED) is 0.455. The van der Waals surface area contributed by atoms with Crippen LogP contribution in [0, 0.1) is 58.2 Å². The summed E-state index contributed by atoms with van der Waals surface area (Å²) in [6, 6.07) is 0. The van der Waals surface area contributed by atoms with Crippen LogP contribution in [0.5, 0.6) is 0 Å². The van der Waals surface area contributed by atoms with Crippen molar-refractivity contribution >= 4 is 6.09 Å². The molecule has 0 aromatic carbocycles. The van der Waals surface area contributed by atoms with Gasteiger partial charge in [0.2, 0.25) is 0 Å². The Bertz CT molecular complexity index is 821. The van der Waals surface area contributed by atoms with Gasteiger partial charge in [0.15, 0.2) is 0 Å². The predicted molar refractivity (Wildman–Crippen MR) is 144 cm³/mol. The fraction of sp³-hybridized carbons (Fsp3) is 0.968. The van der Waals surface area contributed by atoms with Crippen LogP contribution in [-0.2, 0) is 4.74 Å². The van der Waals surface area contributed by atoms with Crippen molar-refractivity contribution in [2.45, 2.75) is 104 Å². The number of hydrogen-bond donors (Lipinski definition) is 3. The number of carbonyl (C=O) groups excluding carboxylic acids is 1. The molecule has 5 aliphatic rings. The van der Waals surface area contributed by atoms with E-state index in [1.807, 2.05) is 0 Å². The first-order chi connectivity index (χ1) is 17.6. The van der Waals surface area contributed by atoms with Crippen LogP contribution in [0.25, 0.3) is 0 Å². The largest absolute Gasteiger partial charge is 0.449 e. The van der Waals surface area contributed by atoms with Gasteiger partial charge >= 0.3 is 6.09 Å². The van der Waals surface area contributed by atoms with E-state index >= 15 is 0 Å². The summed E-state index contributed by atoms with van der Waals surface area (Å²) in [5.41, 5.74) is 0.484. The number of nitrogens with zero attached hydrogens (tertiary/aromatic N) is 1. The highest BCUT2D eigenvalue weighted by atomic mass is 16.6. The molecule has 212 valence electrons. The Balaban J connectivity index is 1.24. The van der Waals surface area contributed by atoms with Crippen LogP contribution in [0.15, 0.2) is 0 Å². The van der Waals surface area contributed by atoms with Crippen molar-refractivity contribution in [3.05, 3.63) is 0 Å². The van der Waals surface area contributed by atoms with Gasteiger partial charge in [-0.05, 0) is 110 Å². The zero-order valence-corrected chi connectivity index (χ0v) is 23.8. The molecule has 4 saturated carbocycles. The van der Waals surface area contributed by atoms with Gasteiger partial charge in [0.05, 0.1) is 18.8 Å². The van der Waals surface area contributed by atoms with Gasteiger partial charge in [-0.25, -0.2) is 4.79 Å². The summed E-state index contributed by atoms with van der Waals surface area (Å²) < 4.78 is 5.68. The number of likely N-dealkylation sites (tertiary alicyclic amines) is 1. The lowest BCUT2D eigenvalue weighted by Crippen LogP contribution is -2.62. The summed E-state index contributed by atoms with van der Waals surface area (Å²) >= 11 is 0. The third-order valence-electron chi connectivity index (χ3n) is 12.8. The summed E-state index contributed by atoms with van der Waals surface area (Å²) in [6.45, 7) is 11.5. The van der Waals surface area contributed by atoms with Crippen LogP contribution in [0.1, 0.15) is 91.9 Å². The lowest BCUT2D eigenvalue weighted by Gasteiger charge is -2.64. The van der Waals surface area contributed by atoms with Crippen molar-refractivity contribution in [3.63, 3.8) is 0 Å². The van der Waals surface area contributed by atoms with E-state index in [-0.39, 0.29) is 41.7 Å². The maximum atomic E-state index is 12.5. The van der Waals surface area contributed by atoms with Crippen LogP contribution in [-0.4, -0.2) is 64.8 Å². The minimum atomic E-state index is -0.249. The van der Waals surface area contributed by atoms with Gasteiger partial charge in [-0.1, -0.05) is 34.1 Å². The topological polar surface area (TPSA) is 90.2 Å². The number of ether oxygens (including phenoxy) is 1. The first kappa shape index (κ1) is 27.7. The Morgan fingerprint density at radius 2 is 1.76 bits per heavy atom. The van der Waals surface area contributed by atoms with Gasteiger partial charge in [-0.15, -0.1) is 0 Å². The lowest BCUT2D eigenvalue weighted by molar-refractivity contribution is -0.203. The molecular formula is C31H53NO5. The van der Waals surface area contributed by atoms with E-state index in [2.05, 4.69) is 27.7 Å². The van der Waals surface area contributed by atoms with Crippen molar-refractivity contribution < 1.29 is 24.9 Å². The van der Waals surface area contributed by atoms with Crippen LogP contribution in [0.3, 0.4) is 0 Å². The second kappa shape index (κ2) is 10.6. The highest BCUT2D eigenvalue weighted by molar-refractivity contribution is 5.67. The minimum absolute atomic E-state index is 0.138. The third-order valence-corrected chi connectivity index (χ3v) is 12.8. The summed E-state index contributed by atoms with van der Waals surface area (Å²) in [6.07, 6.45) is 9.83. The Hall–Kier alpha value is -0.850. The molecule has 1 saturated heterocycles. The molecule has 0 spiro atoms. The summed E-state index contributed by atoms with van der Waals surface area (Å²) in [5, 5.41) is 31.7. The monoisotopic (exact) mass is 519 g/mol. The normalized spacial score (nSPS) is 48.2. The molecule has 0 bridgehead atoms. The van der Waals surface area contributed by atoms with Crippen LogP contribution >= 0.6 is 0 Å². The van der Waals surface area contributed by atoms with Crippen molar-refractivity contribution in [2.24, 2.45) is 58.2 Å². The standard InChI is InChI=1S/C31H53NO5/c1-5-22-26-16-21(34)8-12-31(26,4)25-9-13-30(3)23(6-7-24(30)27(25)28(22)35)19(2)11-15-37-29(36)32-14-10-20(17-32)18-33/h19-28,33-35H,5-18H2,1-4H3/t19-,20-,21-,22-,23-,24+,25+,26?,27?,28-,30?,31?/m1/s1. The molecule has 6 heteroatoms. The number of aliphatic hydroxyl groups excluding tert-OH is 3. The SMILES string of the molecule is CC[C@@H]1C2C[C@H](O)CCC2(C)[C@H]2CCC3(C)[C@@H]([C@H](C)CCOC(=O)N4CC[C@@H](CO)C4)CC[C@H]3C2[C@@H]1O. The number of amides is 1. The molecule has 1 heterocycles. The number of carbonyl (C=O) groups is 1. The first-order valence-electron chi connectivity index (χ1n) is 15.5. The zero-order valence-electron chi connectivity index (χ0n) is 23.8. The molecule has 6 nitrogen and oxygen atoms in total. The minimum Gasteiger partial charge on any atom is -0.449 e. The highest BCUT2D eigenvalue weighted by Crippen LogP contribution is 2.69. The summed E-state index contributed by atoms with van der Waals surface area (Å²) in [5.74, 6) is 3.54. The number of aliphatic hydroxyl groups is 3. The Labute approximate surface area is 224 Å². The van der Waals surface area contributed by atoms with Gasteiger partial charge in [0, 0.05) is 25.6 Å². The Kier molecular flexibility index (Phi) is 7.95. The molecule has 0 radical (unpaired) electrons. The van der Waals surface area contributed by atoms with Crippen molar-refractivity contribution in [1.29, 1.82) is 0 Å². The van der Waals surface area contributed by atoms with Crippen molar-refractivity contribution in [3.8, 4) is 0 Å². The van der Waals surface area contributed by atoms with Crippen molar-refractivity contribution in [2.75, 3.05) is 26.3 Å². The highest BCUT2D eigenvalue weighted by Gasteiger charge is 2.64. The predicted octanol–water partition coefficient (Wildman–Crippen LogP) is 5.09. The number of rotatable bonds is 6. The molecule has 3 N–H and O–H groups in total. The summed E-state index contributed by atoms with van der Waals surface area (Å²) in [7, 11) is 0. The van der Waals surface area contributed by atoms with Crippen LogP contribution in [0.4, 0.5) is 4.79 Å². The van der Waals surface area contributed by atoms with E-state index in [1.165, 1.54) is 25.7 Å². The molecule has 5 rings (SSSR count). The average molecular weight is 520 g/mol. The molecule has 4 unspecified atom stereocenters. The third kappa shape index (κ3) is 4.65. The van der Waals surface area contributed by atoms with Gasteiger partial charge in [-0.2, -0.15) is 0 Å². The molecule has 0 aromatic heterocycles. The first-order valence-corrected chi connectivity index (χ1v) is 15.5. The lowest BCUT2D eigenvalue weighted by atomic mass is 9.41. The molecule has 12 atom stereocenters. The molecule has 1 amide bonds. The van der Waals surface area contributed by atoms with Gasteiger partial charge in [0.25, 0.3) is 0 Å². The second-order valence-electron chi connectivity index (χ2n) is 14.3. The summed E-state index contributed by atoms with van der Waals surface area (Å²) in [4.78, 5) is 14.2. The van der Waals surface area contributed by atoms with E-state index in [0.29, 0.717) is 61.1 Å². The Morgan fingerprint density at radius 3 is 2.46 bits per heavy atom. The van der Waals surface area contributed by atoms with E-state index in [9.17, 15) is 20.1 Å². The molecule has 0 aromatic rings. The molecular weight excluding hydrogens is 466 g/mol. The fourth-order valence-electron chi connectivity index (χ4n) is 10.7. The Morgan fingerprint density at radius 1 is 1.03 bits per heavy atom. The fourth-order valence-corrected chi connectivity index (χ4v) is 10.7. The maximum Gasteiger partial charge on any atom is 0.409 e. The van der Waals surface area contributed by atoms with Crippen LogP contribution in [0.2, 0.25) is 0 Å². The molecule has 4 aliphatic carbocycles. The van der Waals surface area contributed by atoms with Gasteiger partial charge in [-0.3, -0.25) is 0 Å². The number of fused-ring (bicyclic) bond motifs is 5. The van der Waals surface area contributed by atoms with E-state index in [1.54, 1.807) is 4.90 Å². The smallest absolute Gasteiger partial charge is 0.409 e. The molecule has 5 fully saturated rings. The maximum absolute atomic E-state index is 12.5. The van der Waals surface area contributed by atoms with Gasteiger partial charge in [0.1, 0.15) is 0 Å². The van der Waals surface area contributed by atoms with Crippen molar-refractivity contribution in [1.82, 2.24) is 4.90 Å². The molecule has 1 aliphatic heterocycles. The van der Waals surface area contributed by atoms with E-state index in [0.717, 1.165) is 38.5 Å². The van der Waals surface area contributed by atoms with E-state index < -0.39 is 0 Å². The van der Waals surface area contributed by atoms with Crippen LogP contribution < -0.4 is 0 Å². The molecule has 37 heavy (non-hydrogen) atoms. The number of hydrogen-bond acceptors (Lipinski definition) is 5. The van der Waals surface area contributed by atoms with E-state index in [4.69, 9.17) is 4.74 Å².